The Bertz CT molecular complexity index is 399. The molecular weight excluding hydrogens is 268 g/mol. The van der Waals surface area contributed by atoms with Crippen molar-refractivity contribution in [2.75, 3.05) is 18.8 Å². The summed E-state index contributed by atoms with van der Waals surface area (Å²) in [5, 5.41) is 4.92. The molecule has 1 atom stereocenters. The van der Waals surface area contributed by atoms with Crippen molar-refractivity contribution >= 4 is 33.6 Å². The summed E-state index contributed by atoms with van der Waals surface area (Å²) >= 11 is 1.20. The third kappa shape index (κ3) is 3.41. The van der Waals surface area contributed by atoms with Crippen molar-refractivity contribution in [3.05, 3.63) is 11.6 Å². The molecule has 16 heavy (non-hydrogen) atoms. The Morgan fingerprint density at radius 2 is 2.38 bits per heavy atom. The monoisotopic (exact) mass is 282 g/mol. The molecular formula is C9H15ClN2O2S2. The van der Waals surface area contributed by atoms with Crippen molar-refractivity contribution < 1.29 is 8.42 Å². The molecule has 92 valence electrons. The van der Waals surface area contributed by atoms with Gasteiger partial charge in [0, 0.05) is 11.6 Å². The molecule has 4 nitrogen and oxygen atoms in total. The van der Waals surface area contributed by atoms with Crippen LogP contribution in [-0.4, -0.2) is 32.2 Å². The molecule has 1 aromatic rings. The lowest BCUT2D eigenvalue weighted by Crippen LogP contribution is -2.33. The summed E-state index contributed by atoms with van der Waals surface area (Å²) in [5.41, 5.74) is 0. The lowest BCUT2D eigenvalue weighted by atomic mass is 10.0. The van der Waals surface area contributed by atoms with Gasteiger partial charge in [0.15, 0.2) is 0 Å². The molecule has 1 saturated heterocycles. The zero-order valence-electron chi connectivity index (χ0n) is 8.76. The van der Waals surface area contributed by atoms with Gasteiger partial charge < -0.3 is 5.32 Å². The zero-order chi connectivity index (χ0) is 10.7. The average Bonchev–Trinajstić information content (AvgIpc) is 2.71. The van der Waals surface area contributed by atoms with Crippen LogP contribution in [0.1, 0.15) is 12.8 Å². The normalized spacial score (nSPS) is 21.4. The minimum absolute atomic E-state index is 0. The summed E-state index contributed by atoms with van der Waals surface area (Å²) in [4.78, 5) is 3.86. The molecule has 1 aliphatic heterocycles. The fourth-order valence-corrected chi connectivity index (χ4v) is 4.40. The molecule has 2 heterocycles. The van der Waals surface area contributed by atoms with E-state index in [1.54, 1.807) is 5.38 Å². The zero-order valence-corrected chi connectivity index (χ0v) is 11.2. The van der Waals surface area contributed by atoms with Crippen molar-refractivity contribution in [3.8, 4) is 0 Å². The molecule has 2 rings (SSSR count). The maximum absolute atomic E-state index is 11.9. The first-order valence-electron chi connectivity index (χ1n) is 5.01. The second-order valence-corrected chi connectivity index (χ2v) is 6.89. The van der Waals surface area contributed by atoms with E-state index in [2.05, 4.69) is 10.3 Å². The molecule has 7 heteroatoms. The standard InChI is InChI=1S/C9H14N2O2S2.ClH/c12-15(13,9-11-4-5-14-9)7-8-2-1-3-10-6-8;/h4-5,8,10H,1-3,6-7H2;1H. The Morgan fingerprint density at radius 1 is 1.56 bits per heavy atom. The third-order valence-electron chi connectivity index (χ3n) is 2.53. The van der Waals surface area contributed by atoms with E-state index in [1.165, 1.54) is 17.5 Å². The van der Waals surface area contributed by atoms with Gasteiger partial charge >= 0.3 is 0 Å². The smallest absolute Gasteiger partial charge is 0.209 e. The van der Waals surface area contributed by atoms with Gasteiger partial charge in [-0.1, -0.05) is 0 Å². The molecule has 1 aliphatic rings. The number of nitrogens with one attached hydrogen (secondary N) is 1. The fraction of sp³-hybridized carbons (Fsp3) is 0.667. The molecule has 0 amide bonds. The highest BCUT2D eigenvalue weighted by Gasteiger charge is 2.24. The molecule has 0 saturated carbocycles. The van der Waals surface area contributed by atoms with Crippen LogP contribution in [-0.2, 0) is 9.84 Å². The minimum atomic E-state index is -3.15. The quantitative estimate of drug-likeness (QED) is 0.909. The van der Waals surface area contributed by atoms with Gasteiger partial charge in [0.1, 0.15) is 0 Å². The number of sulfone groups is 1. The largest absolute Gasteiger partial charge is 0.316 e. The highest BCUT2D eigenvalue weighted by molar-refractivity contribution is 7.93. The lowest BCUT2D eigenvalue weighted by molar-refractivity contribution is 0.404. The summed E-state index contributed by atoms with van der Waals surface area (Å²) in [7, 11) is -3.15. The van der Waals surface area contributed by atoms with E-state index in [9.17, 15) is 8.42 Å². The first-order chi connectivity index (χ1) is 7.18. The van der Waals surface area contributed by atoms with Crippen LogP contribution >= 0.6 is 23.7 Å². The molecule has 0 radical (unpaired) electrons. The Balaban J connectivity index is 0.00000128. The highest BCUT2D eigenvalue weighted by atomic mass is 35.5. The first kappa shape index (κ1) is 13.9. The van der Waals surface area contributed by atoms with Crippen LogP contribution in [0.4, 0.5) is 0 Å². The Labute approximate surface area is 106 Å². The summed E-state index contributed by atoms with van der Waals surface area (Å²) in [5.74, 6) is 0.473. The van der Waals surface area contributed by atoms with Crippen LogP contribution in [0.25, 0.3) is 0 Å². The van der Waals surface area contributed by atoms with E-state index >= 15 is 0 Å². The average molecular weight is 283 g/mol. The molecule has 1 aromatic heterocycles. The molecule has 0 bridgehead atoms. The predicted molar refractivity (Wildman–Crippen MR) is 67.0 cm³/mol. The number of thiazole rings is 1. The molecule has 1 unspecified atom stereocenters. The summed E-state index contributed by atoms with van der Waals surface area (Å²) < 4.78 is 24.0. The van der Waals surface area contributed by atoms with Gasteiger partial charge in [-0.05, 0) is 31.8 Å². The predicted octanol–water partition coefficient (Wildman–Crippen LogP) is 1.34. The van der Waals surface area contributed by atoms with E-state index in [0.29, 0.717) is 0 Å². The van der Waals surface area contributed by atoms with E-state index in [1.807, 2.05) is 0 Å². The molecule has 0 aliphatic carbocycles. The number of halogens is 1. The molecule has 1 fully saturated rings. The maximum atomic E-state index is 11.9. The Kier molecular flexibility index (Phi) is 5.17. The van der Waals surface area contributed by atoms with Crippen molar-refractivity contribution in [1.29, 1.82) is 0 Å². The molecule has 0 aromatic carbocycles. The van der Waals surface area contributed by atoms with Crippen LogP contribution in [0, 0.1) is 5.92 Å². The van der Waals surface area contributed by atoms with Crippen LogP contribution in [0.2, 0.25) is 0 Å². The third-order valence-corrected chi connectivity index (χ3v) is 5.69. The first-order valence-corrected chi connectivity index (χ1v) is 7.54. The van der Waals surface area contributed by atoms with E-state index in [0.717, 1.165) is 25.9 Å². The van der Waals surface area contributed by atoms with Crippen molar-refractivity contribution in [1.82, 2.24) is 10.3 Å². The SMILES string of the molecule is Cl.O=S(=O)(CC1CCCNC1)c1nccs1. The van der Waals surface area contributed by atoms with Crippen molar-refractivity contribution in [2.45, 2.75) is 17.2 Å². The maximum Gasteiger partial charge on any atom is 0.209 e. The van der Waals surface area contributed by atoms with Crippen molar-refractivity contribution in [2.24, 2.45) is 5.92 Å². The number of piperidine rings is 1. The Morgan fingerprint density at radius 3 is 2.94 bits per heavy atom. The lowest BCUT2D eigenvalue weighted by Gasteiger charge is -2.21. The van der Waals surface area contributed by atoms with Crippen molar-refractivity contribution in [3.63, 3.8) is 0 Å². The van der Waals surface area contributed by atoms with Crippen LogP contribution in [0.15, 0.2) is 15.9 Å². The number of aromatic nitrogens is 1. The van der Waals surface area contributed by atoms with Gasteiger partial charge in [-0.15, -0.1) is 23.7 Å². The van der Waals surface area contributed by atoms with Crippen LogP contribution in [0.5, 0.6) is 0 Å². The number of nitrogens with zero attached hydrogens (tertiary/aromatic N) is 1. The molecule has 0 spiro atoms. The Hall–Kier alpha value is -0.170. The van der Waals surface area contributed by atoms with Crippen LogP contribution < -0.4 is 5.32 Å². The minimum Gasteiger partial charge on any atom is -0.316 e. The summed E-state index contributed by atoms with van der Waals surface area (Å²) in [6.45, 7) is 1.82. The van der Waals surface area contributed by atoms with Gasteiger partial charge in [-0.2, -0.15) is 0 Å². The second kappa shape index (κ2) is 5.95. The van der Waals surface area contributed by atoms with Gasteiger partial charge in [-0.25, -0.2) is 13.4 Å². The molecule has 1 N–H and O–H groups in total. The summed E-state index contributed by atoms with van der Waals surface area (Å²) in [6, 6.07) is 0. The van der Waals surface area contributed by atoms with Gasteiger partial charge in [0.05, 0.1) is 5.75 Å². The van der Waals surface area contributed by atoms with Gasteiger partial charge in [0.25, 0.3) is 0 Å². The number of hydrogen-bond acceptors (Lipinski definition) is 5. The highest BCUT2D eigenvalue weighted by Crippen LogP contribution is 2.19. The van der Waals surface area contributed by atoms with Gasteiger partial charge in [-0.3, -0.25) is 0 Å². The number of hydrogen-bond donors (Lipinski definition) is 1. The number of rotatable bonds is 3. The fourth-order valence-electron chi connectivity index (χ4n) is 1.81. The topological polar surface area (TPSA) is 59.1 Å². The summed E-state index contributed by atoms with van der Waals surface area (Å²) in [6.07, 6.45) is 3.60. The van der Waals surface area contributed by atoms with E-state index in [4.69, 9.17) is 0 Å². The van der Waals surface area contributed by atoms with E-state index < -0.39 is 9.84 Å². The van der Waals surface area contributed by atoms with Crippen LogP contribution in [0.3, 0.4) is 0 Å². The van der Waals surface area contributed by atoms with E-state index in [-0.39, 0.29) is 28.4 Å². The second-order valence-electron chi connectivity index (χ2n) is 3.79. The van der Waals surface area contributed by atoms with Gasteiger partial charge in [0.2, 0.25) is 14.2 Å².